The first-order chi connectivity index (χ1) is 7.27. The molecule has 1 fully saturated rings. The molecule has 5 heteroatoms. The Kier molecular flexibility index (Phi) is 3.26. The van der Waals surface area contributed by atoms with E-state index in [2.05, 4.69) is 15.3 Å². The van der Waals surface area contributed by atoms with Crippen molar-refractivity contribution >= 4 is 23.1 Å². The number of nitrogens with zero attached hydrogens (tertiary/aromatic N) is 2. The van der Waals surface area contributed by atoms with Gasteiger partial charge in [0.1, 0.15) is 12.0 Å². The van der Waals surface area contributed by atoms with Gasteiger partial charge < -0.3 is 11.1 Å². The van der Waals surface area contributed by atoms with E-state index in [1.807, 2.05) is 0 Å². The Hall–Kier alpha value is -1.03. The van der Waals surface area contributed by atoms with Crippen LogP contribution in [0, 0.1) is 5.92 Å². The second-order valence-electron chi connectivity index (χ2n) is 3.94. The largest absolute Gasteiger partial charge is 0.393 e. The van der Waals surface area contributed by atoms with Crippen molar-refractivity contribution in [2.24, 2.45) is 5.92 Å². The lowest BCUT2D eigenvalue weighted by Gasteiger charge is -2.25. The maximum Gasteiger partial charge on any atom is 0.157 e. The van der Waals surface area contributed by atoms with Crippen molar-refractivity contribution in [1.29, 1.82) is 0 Å². The Labute approximate surface area is 94.2 Å². The average Bonchev–Trinajstić information content (AvgIpc) is 2.16. The van der Waals surface area contributed by atoms with E-state index in [-0.39, 0.29) is 0 Å². The van der Waals surface area contributed by atoms with Gasteiger partial charge in [-0.05, 0) is 12.3 Å². The molecule has 1 aliphatic rings. The van der Waals surface area contributed by atoms with Crippen LogP contribution < -0.4 is 11.1 Å². The molecule has 0 aromatic carbocycles. The minimum absolute atomic E-state index is 0.316. The zero-order chi connectivity index (χ0) is 10.7. The quantitative estimate of drug-likeness (QED) is 0.774. The van der Waals surface area contributed by atoms with E-state index in [9.17, 15) is 0 Å². The monoisotopic (exact) mass is 226 g/mol. The molecule has 1 heterocycles. The predicted octanol–water partition coefficient (Wildman–Crippen LogP) is 2.31. The molecule has 0 aliphatic heterocycles. The first kappa shape index (κ1) is 10.5. The molecule has 15 heavy (non-hydrogen) atoms. The Balaban J connectivity index is 1.84. The van der Waals surface area contributed by atoms with E-state index in [0.717, 1.165) is 12.5 Å². The highest BCUT2D eigenvalue weighted by atomic mass is 35.5. The highest BCUT2D eigenvalue weighted by Gasteiger charge is 2.16. The standard InChI is InChI=1S/C10H15ClN4/c11-9-8(12)10(15-6-14-9)13-5-4-7-2-1-3-7/h6-7H,1-5,12H2,(H,13,14,15). The summed E-state index contributed by atoms with van der Waals surface area (Å²) in [7, 11) is 0. The number of hydrogen-bond acceptors (Lipinski definition) is 4. The lowest BCUT2D eigenvalue weighted by molar-refractivity contribution is 0.303. The SMILES string of the molecule is Nc1c(Cl)ncnc1NCCC1CCC1. The van der Waals surface area contributed by atoms with E-state index >= 15 is 0 Å². The summed E-state index contributed by atoms with van der Waals surface area (Å²) in [5.41, 5.74) is 6.16. The molecular weight excluding hydrogens is 212 g/mol. The number of rotatable bonds is 4. The zero-order valence-electron chi connectivity index (χ0n) is 8.54. The third-order valence-electron chi connectivity index (χ3n) is 2.91. The summed E-state index contributed by atoms with van der Waals surface area (Å²) in [6.45, 7) is 0.905. The number of halogens is 1. The van der Waals surface area contributed by atoms with Gasteiger partial charge in [-0.3, -0.25) is 0 Å². The normalized spacial score (nSPS) is 16.1. The molecule has 82 valence electrons. The smallest absolute Gasteiger partial charge is 0.157 e. The average molecular weight is 227 g/mol. The molecule has 0 radical (unpaired) electrons. The van der Waals surface area contributed by atoms with E-state index in [1.54, 1.807) is 0 Å². The third-order valence-corrected chi connectivity index (χ3v) is 3.21. The predicted molar refractivity (Wildman–Crippen MR) is 61.9 cm³/mol. The molecule has 1 aromatic rings. The molecule has 1 aliphatic carbocycles. The Bertz CT molecular complexity index is 338. The number of hydrogen-bond donors (Lipinski definition) is 2. The van der Waals surface area contributed by atoms with Gasteiger partial charge in [0.15, 0.2) is 11.0 Å². The molecule has 0 unspecified atom stereocenters. The molecular formula is C10H15ClN4. The summed E-state index contributed by atoms with van der Waals surface area (Å²) >= 11 is 5.78. The number of nitrogens with one attached hydrogen (secondary N) is 1. The van der Waals surface area contributed by atoms with Gasteiger partial charge in [0.25, 0.3) is 0 Å². The Morgan fingerprint density at radius 1 is 1.47 bits per heavy atom. The molecule has 0 spiro atoms. The minimum Gasteiger partial charge on any atom is -0.393 e. The number of anilines is 2. The fourth-order valence-electron chi connectivity index (χ4n) is 1.69. The van der Waals surface area contributed by atoms with Crippen molar-refractivity contribution < 1.29 is 0 Å². The van der Waals surface area contributed by atoms with Gasteiger partial charge in [-0.1, -0.05) is 30.9 Å². The number of nitrogen functional groups attached to an aromatic ring is 1. The van der Waals surface area contributed by atoms with Crippen LogP contribution in [0.1, 0.15) is 25.7 Å². The second kappa shape index (κ2) is 4.66. The van der Waals surface area contributed by atoms with Crippen molar-refractivity contribution in [2.45, 2.75) is 25.7 Å². The van der Waals surface area contributed by atoms with Crippen molar-refractivity contribution in [3.8, 4) is 0 Å². The lowest BCUT2D eigenvalue weighted by atomic mass is 9.83. The van der Waals surface area contributed by atoms with Crippen molar-refractivity contribution in [2.75, 3.05) is 17.6 Å². The van der Waals surface area contributed by atoms with Crippen LogP contribution in [0.4, 0.5) is 11.5 Å². The Morgan fingerprint density at radius 2 is 2.27 bits per heavy atom. The zero-order valence-corrected chi connectivity index (χ0v) is 9.30. The van der Waals surface area contributed by atoms with Gasteiger partial charge >= 0.3 is 0 Å². The molecule has 4 nitrogen and oxygen atoms in total. The summed E-state index contributed by atoms with van der Waals surface area (Å²) in [4.78, 5) is 7.85. The fraction of sp³-hybridized carbons (Fsp3) is 0.600. The topological polar surface area (TPSA) is 63.8 Å². The molecule has 1 aromatic heterocycles. The molecule has 3 N–H and O–H groups in total. The molecule has 0 bridgehead atoms. The minimum atomic E-state index is 0.316. The van der Waals surface area contributed by atoms with Gasteiger partial charge in [-0.2, -0.15) is 0 Å². The summed E-state index contributed by atoms with van der Waals surface area (Å²) in [6.07, 6.45) is 6.71. The first-order valence-corrected chi connectivity index (χ1v) is 5.65. The number of nitrogens with two attached hydrogens (primary N) is 1. The second-order valence-corrected chi connectivity index (χ2v) is 4.30. The van der Waals surface area contributed by atoms with Gasteiger partial charge in [0.2, 0.25) is 0 Å². The molecule has 0 saturated heterocycles. The fourth-order valence-corrected chi connectivity index (χ4v) is 1.82. The van der Waals surface area contributed by atoms with Gasteiger partial charge in [0, 0.05) is 6.54 Å². The van der Waals surface area contributed by atoms with Crippen molar-refractivity contribution in [3.63, 3.8) is 0 Å². The highest BCUT2D eigenvalue weighted by molar-refractivity contribution is 6.32. The van der Waals surface area contributed by atoms with Gasteiger partial charge in [0.05, 0.1) is 0 Å². The van der Waals surface area contributed by atoms with Crippen LogP contribution in [0.5, 0.6) is 0 Å². The van der Waals surface area contributed by atoms with Crippen LogP contribution in [0.25, 0.3) is 0 Å². The van der Waals surface area contributed by atoms with Gasteiger partial charge in [-0.25, -0.2) is 9.97 Å². The molecule has 0 atom stereocenters. The maximum absolute atomic E-state index is 5.78. The van der Waals surface area contributed by atoms with Crippen LogP contribution in [-0.2, 0) is 0 Å². The van der Waals surface area contributed by atoms with Crippen LogP contribution in [0.3, 0.4) is 0 Å². The molecule has 2 rings (SSSR count). The van der Waals surface area contributed by atoms with Crippen LogP contribution >= 0.6 is 11.6 Å². The van der Waals surface area contributed by atoms with E-state index in [0.29, 0.717) is 16.7 Å². The Morgan fingerprint density at radius 3 is 2.93 bits per heavy atom. The first-order valence-electron chi connectivity index (χ1n) is 5.27. The van der Waals surface area contributed by atoms with E-state index in [4.69, 9.17) is 17.3 Å². The van der Waals surface area contributed by atoms with Crippen LogP contribution in [-0.4, -0.2) is 16.5 Å². The van der Waals surface area contributed by atoms with Crippen LogP contribution in [0.2, 0.25) is 5.15 Å². The van der Waals surface area contributed by atoms with E-state index in [1.165, 1.54) is 32.0 Å². The third kappa shape index (κ3) is 2.50. The lowest BCUT2D eigenvalue weighted by Crippen LogP contribution is -2.16. The van der Waals surface area contributed by atoms with Crippen molar-refractivity contribution in [3.05, 3.63) is 11.5 Å². The maximum atomic E-state index is 5.78. The summed E-state index contributed by atoms with van der Waals surface area (Å²) in [5.74, 6) is 1.53. The van der Waals surface area contributed by atoms with Crippen LogP contribution in [0.15, 0.2) is 6.33 Å². The summed E-state index contributed by atoms with van der Waals surface area (Å²) < 4.78 is 0. The summed E-state index contributed by atoms with van der Waals surface area (Å²) in [5, 5.41) is 3.51. The number of aromatic nitrogens is 2. The molecule has 0 amide bonds. The highest BCUT2D eigenvalue weighted by Crippen LogP contribution is 2.29. The van der Waals surface area contributed by atoms with E-state index < -0.39 is 0 Å². The van der Waals surface area contributed by atoms with Gasteiger partial charge in [-0.15, -0.1) is 0 Å². The summed E-state index contributed by atoms with van der Waals surface area (Å²) in [6, 6.07) is 0. The molecule has 1 saturated carbocycles. The van der Waals surface area contributed by atoms with Crippen molar-refractivity contribution in [1.82, 2.24) is 9.97 Å².